The number of carbonyl (C=O) groups excluding carboxylic acids is 2. The highest BCUT2D eigenvalue weighted by atomic mass is 16.5. The van der Waals surface area contributed by atoms with Crippen LogP contribution in [-0.4, -0.2) is 25.2 Å². The maximum absolute atomic E-state index is 10.7. The largest absolute Gasteiger partial charge is 0.465 e. The molecule has 0 heterocycles. The quantitative estimate of drug-likeness (QED) is 0.362. The molecule has 0 amide bonds. The molecule has 80 valence electrons. The zero-order valence-corrected chi connectivity index (χ0v) is 8.32. The zero-order valence-electron chi connectivity index (χ0n) is 8.32. The molecule has 15 heavy (non-hydrogen) atoms. The van der Waals surface area contributed by atoms with Gasteiger partial charge in [0, 0.05) is 6.42 Å². The minimum atomic E-state index is -0.451. The minimum absolute atomic E-state index is 0.0448. The number of carbonyl (C=O) groups is 2. The van der Waals surface area contributed by atoms with E-state index in [-0.39, 0.29) is 26.1 Å². The Bertz CT molecular complexity index is 263. The molecule has 0 saturated carbocycles. The molecule has 0 atom stereocenters. The van der Waals surface area contributed by atoms with Crippen LogP contribution in [0.5, 0.6) is 0 Å². The molecule has 0 aromatic rings. The third-order valence-electron chi connectivity index (χ3n) is 1.31. The van der Waals surface area contributed by atoms with E-state index in [9.17, 15) is 9.59 Å². The Morgan fingerprint density at radius 2 is 1.33 bits per heavy atom. The van der Waals surface area contributed by atoms with E-state index in [1.54, 1.807) is 0 Å². The van der Waals surface area contributed by atoms with E-state index < -0.39 is 11.9 Å². The van der Waals surface area contributed by atoms with Gasteiger partial charge in [-0.25, -0.2) is 0 Å². The number of terminal acetylenes is 2. The summed E-state index contributed by atoms with van der Waals surface area (Å²) in [4.78, 5) is 21.5. The molecular weight excluding hydrogens is 196 g/mol. The Labute approximate surface area is 88.9 Å². The number of ether oxygens (including phenoxy) is 2. The van der Waals surface area contributed by atoms with Crippen LogP contribution in [0.25, 0.3) is 0 Å². The highest BCUT2D eigenvalue weighted by Crippen LogP contribution is 1.91. The fraction of sp³-hybridized carbons (Fsp3) is 0.455. The predicted molar refractivity (Wildman–Crippen MR) is 53.4 cm³/mol. The predicted octanol–water partition coefficient (Wildman–Crippen LogP) is 0.509. The monoisotopic (exact) mass is 208 g/mol. The Morgan fingerprint density at radius 3 is 1.67 bits per heavy atom. The summed E-state index contributed by atoms with van der Waals surface area (Å²) in [5, 5.41) is 0. The van der Waals surface area contributed by atoms with Gasteiger partial charge in [-0.05, 0) is 0 Å². The van der Waals surface area contributed by atoms with Gasteiger partial charge in [-0.1, -0.05) is 11.8 Å². The molecule has 0 radical (unpaired) electrons. The van der Waals surface area contributed by atoms with Crippen LogP contribution in [0.3, 0.4) is 0 Å². The van der Waals surface area contributed by atoms with E-state index in [0.717, 1.165) is 0 Å². The highest BCUT2D eigenvalue weighted by molar-refractivity contribution is 5.72. The lowest BCUT2D eigenvalue weighted by Crippen LogP contribution is -2.09. The van der Waals surface area contributed by atoms with Crippen molar-refractivity contribution in [2.45, 2.75) is 19.3 Å². The fourth-order valence-electron chi connectivity index (χ4n) is 0.700. The van der Waals surface area contributed by atoms with Crippen LogP contribution in [0.1, 0.15) is 19.3 Å². The van der Waals surface area contributed by atoms with Crippen molar-refractivity contribution in [3.63, 3.8) is 0 Å². The van der Waals surface area contributed by atoms with Gasteiger partial charge in [0.15, 0.2) is 0 Å². The van der Waals surface area contributed by atoms with Crippen molar-refractivity contribution in [1.82, 2.24) is 0 Å². The van der Waals surface area contributed by atoms with E-state index >= 15 is 0 Å². The summed E-state index contributed by atoms with van der Waals surface area (Å²) in [6.07, 6.45) is 10.1. The van der Waals surface area contributed by atoms with Crippen molar-refractivity contribution in [1.29, 1.82) is 0 Å². The number of rotatable bonds is 6. The molecular formula is C11H12O4. The fourth-order valence-corrected chi connectivity index (χ4v) is 0.700. The second-order valence-corrected chi connectivity index (χ2v) is 2.56. The summed E-state index contributed by atoms with van der Waals surface area (Å²) in [6, 6.07) is 0. The molecule has 0 aliphatic rings. The molecule has 0 N–H and O–H groups in total. The molecule has 0 bridgehead atoms. The molecule has 0 aromatic carbocycles. The van der Waals surface area contributed by atoms with Crippen LogP contribution in [0.4, 0.5) is 0 Å². The summed E-state index contributed by atoms with van der Waals surface area (Å²) in [5.74, 6) is 3.42. The summed E-state index contributed by atoms with van der Waals surface area (Å²) >= 11 is 0. The summed E-state index contributed by atoms with van der Waals surface area (Å²) in [7, 11) is 0. The number of hydrogen-bond acceptors (Lipinski definition) is 4. The molecule has 0 aromatic heterocycles. The van der Waals surface area contributed by atoms with Gasteiger partial charge in [-0.3, -0.25) is 9.59 Å². The van der Waals surface area contributed by atoms with E-state index in [2.05, 4.69) is 11.8 Å². The van der Waals surface area contributed by atoms with Crippen LogP contribution in [0.15, 0.2) is 0 Å². The van der Waals surface area contributed by atoms with E-state index in [4.69, 9.17) is 22.3 Å². The Morgan fingerprint density at radius 1 is 0.933 bits per heavy atom. The molecule has 0 fully saturated rings. The molecule has 4 nitrogen and oxygen atoms in total. The van der Waals surface area contributed by atoms with Gasteiger partial charge < -0.3 is 9.47 Å². The SMILES string of the molecule is C#CCC(=O)OCCCOC(=O)CC#C. The van der Waals surface area contributed by atoms with Crippen LogP contribution in [-0.2, 0) is 19.1 Å². The van der Waals surface area contributed by atoms with E-state index in [1.807, 2.05) is 0 Å². The van der Waals surface area contributed by atoms with Crippen molar-refractivity contribution in [2.75, 3.05) is 13.2 Å². The smallest absolute Gasteiger partial charge is 0.317 e. The summed E-state index contributed by atoms with van der Waals surface area (Å²) < 4.78 is 9.42. The molecule has 0 unspecified atom stereocenters. The van der Waals surface area contributed by atoms with Crippen LogP contribution in [0, 0.1) is 24.7 Å². The summed E-state index contributed by atoms with van der Waals surface area (Å²) in [6.45, 7) is 0.369. The lowest BCUT2D eigenvalue weighted by Gasteiger charge is -2.03. The van der Waals surface area contributed by atoms with Crippen molar-refractivity contribution in [3.8, 4) is 24.7 Å². The average Bonchev–Trinajstić information content (AvgIpc) is 2.18. The molecule has 0 spiro atoms. The lowest BCUT2D eigenvalue weighted by molar-refractivity contribution is -0.144. The molecule has 0 saturated heterocycles. The normalized spacial score (nSPS) is 8.40. The maximum Gasteiger partial charge on any atom is 0.317 e. The molecule has 0 rings (SSSR count). The first-order valence-electron chi connectivity index (χ1n) is 4.39. The van der Waals surface area contributed by atoms with Crippen molar-refractivity contribution in [3.05, 3.63) is 0 Å². The van der Waals surface area contributed by atoms with Crippen LogP contribution < -0.4 is 0 Å². The Hall–Kier alpha value is -1.94. The zero-order chi connectivity index (χ0) is 11.5. The van der Waals surface area contributed by atoms with Gasteiger partial charge in [-0.15, -0.1) is 12.8 Å². The number of hydrogen-bond donors (Lipinski definition) is 0. The van der Waals surface area contributed by atoms with Gasteiger partial charge in [0.1, 0.15) is 12.8 Å². The number of esters is 2. The Balaban J connectivity index is 3.33. The molecule has 0 aliphatic carbocycles. The van der Waals surface area contributed by atoms with Gasteiger partial charge in [-0.2, -0.15) is 0 Å². The van der Waals surface area contributed by atoms with Crippen LogP contribution in [0.2, 0.25) is 0 Å². The first kappa shape index (κ1) is 13.1. The second-order valence-electron chi connectivity index (χ2n) is 2.56. The van der Waals surface area contributed by atoms with Crippen LogP contribution >= 0.6 is 0 Å². The van der Waals surface area contributed by atoms with Gasteiger partial charge in [0.05, 0.1) is 13.2 Å². The minimum Gasteiger partial charge on any atom is -0.465 e. The van der Waals surface area contributed by atoms with E-state index in [0.29, 0.717) is 6.42 Å². The first-order chi connectivity index (χ1) is 7.20. The lowest BCUT2D eigenvalue weighted by atomic mass is 10.4. The Kier molecular flexibility index (Phi) is 7.53. The third-order valence-corrected chi connectivity index (χ3v) is 1.31. The van der Waals surface area contributed by atoms with Crippen molar-refractivity contribution >= 4 is 11.9 Å². The van der Waals surface area contributed by atoms with Gasteiger partial charge in [0.2, 0.25) is 0 Å². The molecule has 0 aliphatic heterocycles. The van der Waals surface area contributed by atoms with E-state index in [1.165, 1.54) is 0 Å². The third kappa shape index (κ3) is 8.39. The highest BCUT2D eigenvalue weighted by Gasteiger charge is 2.01. The van der Waals surface area contributed by atoms with Crippen molar-refractivity contribution in [2.24, 2.45) is 0 Å². The average molecular weight is 208 g/mol. The molecule has 4 heteroatoms. The van der Waals surface area contributed by atoms with Crippen molar-refractivity contribution < 1.29 is 19.1 Å². The van der Waals surface area contributed by atoms with Gasteiger partial charge >= 0.3 is 11.9 Å². The van der Waals surface area contributed by atoms with Gasteiger partial charge in [0.25, 0.3) is 0 Å². The summed E-state index contributed by atoms with van der Waals surface area (Å²) in [5.41, 5.74) is 0. The standard InChI is InChI=1S/C11H12O4/c1-3-6-10(12)14-8-5-9-15-11(13)7-4-2/h1-2H,5-9H2. The maximum atomic E-state index is 10.7. The first-order valence-corrected chi connectivity index (χ1v) is 4.39. The topological polar surface area (TPSA) is 52.6 Å². The second kappa shape index (κ2) is 8.65.